The molecule has 3 N–H and O–H groups in total. The van der Waals surface area contributed by atoms with Crippen molar-refractivity contribution >= 4 is 23.3 Å². The van der Waals surface area contributed by atoms with Crippen LogP contribution < -0.4 is 20.7 Å². The van der Waals surface area contributed by atoms with E-state index in [2.05, 4.69) is 20.7 Å². The lowest BCUT2D eigenvalue weighted by Crippen LogP contribution is -2.34. The number of ether oxygens (including phenoxy) is 1. The van der Waals surface area contributed by atoms with E-state index in [-0.39, 0.29) is 23.0 Å². The van der Waals surface area contributed by atoms with Crippen LogP contribution in [0, 0.1) is 0 Å². The largest absolute Gasteiger partial charge is 0.484 e. The first-order chi connectivity index (χ1) is 13.1. The van der Waals surface area contributed by atoms with Crippen molar-refractivity contribution in [2.45, 2.75) is 26.1 Å². The average molecular weight is 395 g/mol. The van der Waals surface area contributed by atoms with E-state index in [0.29, 0.717) is 5.69 Å². The van der Waals surface area contributed by atoms with Crippen LogP contribution in [-0.4, -0.2) is 30.8 Å². The van der Waals surface area contributed by atoms with E-state index in [1.807, 2.05) is 0 Å². The molecule has 3 amide bonds. The summed E-state index contributed by atoms with van der Waals surface area (Å²) in [5, 5.41) is 7.83. The zero-order valence-electron chi connectivity index (χ0n) is 15.3. The Morgan fingerprint density at radius 2 is 1.75 bits per heavy atom. The number of rotatable bonds is 6. The fourth-order valence-corrected chi connectivity index (χ4v) is 2.24. The molecule has 0 unspecified atom stereocenters. The van der Waals surface area contributed by atoms with Gasteiger partial charge < -0.3 is 20.7 Å². The third kappa shape index (κ3) is 6.82. The third-order valence-corrected chi connectivity index (χ3v) is 3.33. The van der Waals surface area contributed by atoms with Crippen LogP contribution in [0.25, 0.3) is 0 Å². The molecule has 150 valence electrons. The number of hydrogen-bond donors (Lipinski definition) is 3. The summed E-state index contributed by atoms with van der Waals surface area (Å²) in [7, 11) is 0. The summed E-state index contributed by atoms with van der Waals surface area (Å²) >= 11 is 0. The van der Waals surface area contributed by atoms with Crippen molar-refractivity contribution in [2.75, 3.05) is 17.2 Å². The number of para-hydroxylation sites is 1. The molecule has 0 saturated heterocycles. The van der Waals surface area contributed by atoms with Crippen molar-refractivity contribution in [3.63, 3.8) is 0 Å². The molecular formula is C19H20F3N3O3. The van der Waals surface area contributed by atoms with E-state index >= 15 is 0 Å². The molecule has 0 aliphatic carbocycles. The molecule has 0 heterocycles. The molecule has 0 saturated carbocycles. The van der Waals surface area contributed by atoms with Gasteiger partial charge in [0.1, 0.15) is 5.75 Å². The summed E-state index contributed by atoms with van der Waals surface area (Å²) < 4.78 is 41.5. The van der Waals surface area contributed by atoms with Crippen molar-refractivity contribution in [3.05, 3.63) is 54.1 Å². The van der Waals surface area contributed by atoms with Gasteiger partial charge >= 0.3 is 12.2 Å². The number of anilines is 2. The molecule has 0 atom stereocenters. The summed E-state index contributed by atoms with van der Waals surface area (Å²) in [6.45, 7) is 2.17. The van der Waals surface area contributed by atoms with Crippen molar-refractivity contribution in [1.29, 1.82) is 0 Å². The number of carbonyl (C=O) groups is 2. The molecule has 9 heteroatoms. The number of halogens is 3. The minimum absolute atomic E-state index is 0.0298. The van der Waals surface area contributed by atoms with Gasteiger partial charge in [-0.25, -0.2) is 4.79 Å². The molecule has 0 bridgehead atoms. The van der Waals surface area contributed by atoms with Crippen LogP contribution in [0.15, 0.2) is 48.5 Å². The maximum Gasteiger partial charge on any atom is 0.422 e. The average Bonchev–Trinajstić information content (AvgIpc) is 2.59. The molecule has 2 aromatic rings. The Balaban J connectivity index is 2.10. The maximum absolute atomic E-state index is 12.6. The highest BCUT2D eigenvalue weighted by Crippen LogP contribution is 2.23. The Hall–Kier alpha value is -3.23. The van der Waals surface area contributed by atoms with Crippen LogP contribution in [0.1, 0.15) is 24.2 Å². The highest BCUT2D eigenvalue weighted by atomic mass is 19.4. The zero-order valence-corrected chi connectivity index (χ0v) is 15.3. The van der Waals surface area contributed by atoms with Crippen molar-refractivity contribution in [2.24, 2.45) is 0 Å². The highest BCUT2D eigenvalue weighted by molar-refractivity contribution is 6.10. The molecule has 28 heavy (non-hydrogen) atoms. The lowest BCUT2D eigenvalue weighted by Gasteiger charge is -2.14. The van der Waals surface area contributed by atoms with E-state index < -0.39 is 24.7 Å². The summed E-state index contributed by atoms with van der Waals surface area (Å²) in [6, 6.07) is 11.4. The molecular weight excluding hydrogens is 375 g/mol. The molecule has 0 spiro atoms. The number of nitrogens with one attached hydrogen (secondary N) is 3. The van der Waals surface area contributed by atoms with Crippen LogP contribution in [-0.2, 0) is 0 Å². The molecule has 0 radical (unpaired) electrons. The fraction of sp³-hybridized carbons (Fsp3) is 0.263. The van der Waals surface area contributed by atoms with Gasteiger partial charge in [-0.3, -0.25) is 4.79 Å². The standard InChI is InChI=1S/C19H20F3N3O3/c1-12(2)23-18(27)25-16-9-4-3-8-15(16)17(26)24-13-6-5-7-14(10-13)28-11-19(20,21)22/h3-10,12H,11H2,1-2H3,(H,24,26)(H2,23,25,27). The fourth-order valence-electron chi connectivity index (χ4n) is 2.24. The number of amides is 3. The van der Waals surface area contributed by atoms with Crippen LogP contribution in [0.2, 0.25) is 0 Å². The van der Waals surface area contributed by atoms with Crippen molar-refractivity contribution < 1.29 is 27.5 Å². The number of hydrogen-bond acceptors (Lipinski definition) is 3. The second-order valence-electron chi connectivity index (χ2n) is 6.18. The molecule has 0 aromatic heterocycles. The number of alkyl halides is 3. The first-order valence-corrected chi connectivity index (χ1v) is 8.41. The second kappa shape index (κ2) is 9.12. The Morgan fingerprint density at radius 1 is 1.04 bits per heavy atom. The first kappa shape index (κ1) is 21.1. The van der Waals surface area contributed by atoms with E-state index in [1.165, 1.54) is 30.3 Å². The molecule has 6 nitrogen and oxygen atoms in total. The van der Waals surface area contributed by atoms with Gasteiger partial charge in [0.25, 0.3) is 5.91 Å². The van der Waals surface area contributed by atoms with Gasteiger partial charge in [-0.2, -0.15) is 13.2 Å². The van der Waals surface area contributed by atoms with Gasteiger partial charge in [0.2, 0.25) is 0 Å². The quantitative estimate of drug-likeness (QED) is 0.678. The third-order valence-electron chi connectivity index (χ3n) is 3.33. The molecule has 2 rings (SSSR count). The minimum Gasteiger partial charge on any atom is -0.484 e. The van der Waals surface area contributed by atoms with Crippen molar-refractivity contribution in [3.8, 4) is 5.75 Å². The zero-order chi connectivity index (χ0) is 20.7. The molecule has 2 aromatic carbocycles. The monoisotopic (exact) mass is 395 g/mol. The minimum atomic E-state index is -4.46. The van der Waals surface area contributed by atoms with Gasteiger partial charge in [-0.15, -0.1) is 0 Å². The van der Waals surface area contributed by atoms with Gasteiger partial charge in [0.05, 0.1) is 11.3 Å². The number of urea groups is 1. The second-order valence-corrected chi connectivity index (χ2v) is 6.18. The number of benzene rings is 2. The predicted octanol–water partition coefficient (Wildman–Crippen LogP) is 4.41. The van der Waals surface area contributed by atoms with Crippen LogP contribution in [0.4, 0.5) is 29.3 Å². The van der Waals surface area contributed by atoms with Gasteiger partial charge in [0.15, 0.2) is 6.61 Å². The van der Waals surface area contributed by atoms with Crippen molar-refractivity contribution in [1.82, 2.24) is 5.32 Å². The SMILES string of the molecule is CC(C)NC(=O)Nc1ccccc1C(=O)Nc1cccc(OCC(F)(F)F)c1. The van der Waals surface area contributed by atoms with Gasteiger partial charge in [-0.1, -0.05) is 18.2 Å². The lowest BCUT2D eigenvalue weighted by molar-refractivity contribution is -0.153. The lowest BCUT2D eigenvalue weighted by atomic mass is 10.1. The highest BCUT2D eigenvalue weighted by Gasteiger charge is 2.28. The summed E-state index contributed by atoms with van der Waals surface area (Å²) in [4.78, 5) is 24.5. The van der Waals surface area contributed by atoms with Crippen LogP contribution >= 0.6 is 0 Å². The maximum atomic E-state index is 12.6. The molecule has 0 aliphatic rings. The molecule has 0 aliphatic heterocycles. The first-order valence-electron chi connectivity index (χ1n) is 8.41. The van der Waals surface area contributed by atoms with E-state index in [9.17, 15) is 22.8 Å². The summed E-state index contributed by atoms with van der Waals surface area (Å²) in [5.41, 5.74) is 0.747. The van der Waals surface area contributed by atoms with Crippen LogP contribution in [0.3, 0.4) is 0 Å². The van der Waals surface area contributed by atoms with Crippen LogP contribution in [0.5, 0.6) is 5.75 Å². The Bertz CT molecular complexity index is 838. The van der Waals surface area contributed by atoms with Gasteiger partial charge in [0, 0.05) is 17.8 Å². The number of carbonyl (C=O) groups excluding carboxylic acids is 2. The van der Waals surface area contributed by atoms with E-state index in [0.717, 1.165) is 0 Å². The Morgan fingerprint density at radius 3 is 2.43 bits per heavy atom. The van der Waals surface area contributed by atoms with Gasteiger partial charge in [-0.05, 0) is 38.1 Å². The van der Waals surface area contributed by atoms with E-state index in [4.69, 9.17) is 0 Å². The Kier molecular flexibility index (Phi) is 6.86. The predicted molar refractivity (Wildman–Crippen MR) is 99.7 cm³/mol. The topological polar surface area (TPSA) is 79.5 Å². The summed E-state index contributed by atoms with van der Waals surface area (Å²) in [6.07, 6.45) is -4.46. The normalized spacial score (nSPS) is 11.1. The van der Waals surface area contributed by atoms with E-state index in [1.54, 1.807) is 32.0 Å². The smallest absolute Gasteiger partial charge is 0.422 e. The summed E-state index contributed by atoms with van der Waals surface area (Å²) in [5.74, 6) is -0.564. The molecule has 0 fully saturated rings. The Labute approximate surface area is 160 Å².